The molecule has 0 spiro atoms. The number of hydrogen-bond donors (Lipinski definition) is 1. The molecule has 0 bridgehead atoms. The van der Waals surface area contributed by atoms with Gasteiger partial charge in [-0.2, -0.15) is 17.0 Å². The van der Waals surface area contributed by atoms with Crippen molar-refractivity contribution in [3.63, 3.8) is 0 Å². The third-order valence-electron chi connectivity index (χ3n) is 5.55. The molecule has 1 aliphatic carbocycles. The van der Waals surface area contributed by atoms with E-state index in [1.54, 1.807) is 11.8 Å². The Labute approximate surface area is 142 Å². The van der Waals surface area contributed by atoms with Crippen LogP contribution in [-0.4, -0.2) is 46.3 Å². The van der Waals surface area contributed by atoms with E-state index in [0.717, 1.165) is 24.5 Å². The van der Waals surface area contributed by atoms with E-state index in [1.165, 1.54) is 12.8 Å². The molecule has 5 nitrogen and oxygen atoms in total. The van der Waals surface area contributed by atoms with Crippen LogP contribution >= 0.6 is 11.8 Å². The lowest BCUT2D eigenvalue weighted by atomic mass is 9.86. The lowest BCUT2D eigenvalue weighted by Crippen LogP contribution is -2.50. The van der Waals surface area contributed by atoms with Crippen molar-refractivity contribution in [3.05, 3.63) is 0 Å². The fourth-order valence-corrected chi connectivity index (χ4v) is 5.20. The predicted octanol–water partition coefficient (Wildman–Crippen LogP) is 1.93. The van der Waals surface area contributed by atoms with Gasteiger partial charge in [0.15, 0.2) is 0 Å². The van der Waals surface area contributed by atoms with Gasteiger partial charge >= 0.3 is 0 Å². The minimum Gasteiger partial charge on any atom is -0.339 e. The molecule has 2 amide bonds. The summed E-state index contributed by atoms with van der Waals surface area (Å²) >= 11 is 1.70. The normalized spacial score (nSPS) is 37.7. The Morgan fingerprint density at radius 1 is 1.39 bits per heavy atom. The largest absolute Gasteiger partial charge is 0.339 e. The number of carbonyl (C=O) groups is 2. The van der Waals surface area contributed by atoms with Gasteiger partial charge in [0, 0.05) is 24.8 Å². The van der Waals surface area contributed by atoms with Gasteiger partial charge in [0.05, 0.1) is 12.0 Å². The third kappa shape index (κ3) is 3.50. The molecule has 2 heterocycles. The van der Waals surface area contributed by atoms with Gasteiger partial charge in [-0.3, -0.25) is 9.59 Å². The molecule has 2 saturated heterocycles. The van der Waals surface area contributed by atoms with Crippen LogP contribution in [0.1, 0.15) is 45.4 Å². The average molecular weight is 335 g/mol. The number of nitriles is 1. The molecule has 23 heavy (non-hydrogen) atoms. The van der Waals surface area contributed by atoms with Gasteiger partial charge in [-0.25, -0.2) is 0 Å². The van der Waals surface area contributed by atoms with E-state index in [1.807, 2.05) is 4.90 Å². The van der Waals surface area contributed by atoms with Gasteiger partial charge in [0.25, 0.3) is 0 Å². The Kier molecular flexibility index (Phi) is 4.86. The zero-order chi connectivity index (χ0) is 16.4. The van der Waals surface area contributed by atoms with E-state index in [2.05, 4.69) is 18.3 Å². The van der Waals surface area contributed by atoms with E-state index < -0.39 is 5.54 Å². The molecule has 2 unspecified atom stereocenters. The fourth-order valence-electron chi connectivity index (χ4n) is 3.93. The van der Waals surface area contributed by atoms with Gasteiger partial charge in [0.1, 0.15) is 5.54 Å². The van der Waals surface area contributed by atoms with E-state index in [9.17, 15) is 14.9 Å². The van der Waals surface area contributed by atoms with Crippen LogP contribution in [-0.2, 0) is 9.59 Å². The van der Waals surface area contributed by atoms with E-state index in [-0.39, 0.29) is 17.7 Å². The highest BCUT2D eigenvalue weighted by Gasteiger charge is 2.42. The van der Waals surface area contributed by atoms with Crippen molar-refractivity contribution in [1.82, 2.24) is 10.2 Å². The quantitative estimate of drug-likeness (QED) is 0.855. The Morgan fingerprint density at radius 3 is 2.74 bits per heavy atom. The molecule has 126 valence electrons. The van der Waals surface area contributed by atoms with Crippen LogP contribution in [0.5, 0.6) is 0 Å². The number of hydrogen-bond acceptors (Lipinski definition) is 4. The second-order valence-corrected chi connectivity index (χ2v) is 8.45. The molecule has 0 aromatic heterocycles. The molecule has 0 aromatic carbocycles. The second-order valence-electron chi connectivity index (χ2n) is 7.35. The molecule has 3 fully saturated rings. The zero-order valence-electron chi connectivity index (χ0n) is 13.7. The SMILES string of the molecule is CC1CCC(N2CC(C(=O)NC3(C#N)CCSC3)CC2=O)CC1. The Balaban J connectivity index is 1.58. The molecule has 0 aromatic rings. The predicted molar refractivity (Wildman–Crippen MR) is 89.7 cm³/mol. The molecule has 0 radical (unpaired) electrons. The highest BCUT2D eigenvalue weighted by molar-refractivity contribution is 7.99. The van der Waals surface area contributed by atoms with Crippen LogP contribution in [0.25, 0.3) is 0 Å². The summed E-state index contributed by atoms with van der Waals surface area (Å²) in [5.41, 5.74) is -0.724. The number of likely N-dealkylation sites (tertiary alicyclic amines) is 1. The van der Waals surface area contributed by atoms with Gasteiger partial charge in [-0.1, -0.05) is 6.92 Å². The smallest absolute Gasteiger partial charge is 0.226 e. The Hall–Kier alpha value is -1.22. The summed E-state index contributed by atoms with van der Waals surface area (Å²) in [7, 11) is 0. The van der Waals surface area contributed by atoms with Crippen molar-refractivity contribution in [2.24, 2.45) is 11.8 Å². The summed E-state index contributed by atoms with van der Waals surface area (Å²) < 4.78 is 0. The van der Waals surface area contributed by atoms with Crippen LogP contribution in [0.2, 0.25) is 0 Å². The maximum absolute atomic E-state index is 12.5. The highest BCUT2D eigenvalue weighted by Crippen LogP contribution is 2.32. The van der Waals surface area contributed by atoms with Crippen molar-refractivity contribution in [2.75, 3.05) is 18.1 Å². The Bertz CT molecular complexity index is 516. The minimum atomic E-state index is -0.724. The minimum absolute atomic E-state index is 0.108. The van der Waals surface area contributed by atoms with Crippen molar-refractivity contribution in [1.29, 1.82) is 5.26 Å². The molecule has 2 atom stereocenters. The Morgan fingerprint density at radius 2 is 2.13 bits per heavy atom. The van der Waals surface area contributed by atoms with Gasteiger partial charge in [-0.15, -0.1) is 0 Å². The maximum Gasteiger partial charge on any atom is 0.226 e. The van der Waals surface area contributed by atoms with Crippen molar-refractivity contribution in [2.45, 2.75) is 57.0 Å². The summed E-state index contributed by atoms with van der Waals surface area (Å²) in [6.07, 6.45) is 5.44. The lowest BCUT2D eigenvalue weighted by molar-refractivity contribution is -0.131. The molecular formula is C17H25N3O2S. The molecular weight excluding hydrogens is 310 g/mol. The fraction of sp³-hybridized carbons (Fsp3) is 0.824. The first-order valence-corrected chi connectivity index (χ1v) is 9.79. The zero-order valence-corrected chi connectivity index (χ0v) is 14.5. The van der Waals surface area contributed by atoms with E-state index >= 15 is 0 Å². The van der Waals surface area contributed by atoms with Gasteiger partial charge < -0.3 is 10.2 Å². The van der Waals surface area contributed by atoms with Crippen LogP contribution < -0.4 is 5.32 Å². The van der Waals surface area contributed by atoms with Crippen molar-refractivity contribution in [3.8, 4) is 6.07 Å². The summed E-state index contributed by atoms with van der Waals surface area (Å²) in [6, 6.07) is 2.58. The first kappa shape index (κ1) is 16.6. The summed E-state index contributed by atoms with van der Waals surface area (Å²) in [5.74, 6) is 2.01. The summed E-state index contributed by atoms with van der Waals surface area (Å²) in [5, 5.41) is 12.3. The van der Waals surface area contributed by atoms with Crippen LogP contribution in [0.3, 0.4) is 0 Å². The molecule has 1 saturated carbocycles. The van der Waals surface area contributed by atoms with Crippen LogP contribution in [0, 0.1) is 23.2 Å². The van der Waals surface area contributed by atoms with Gasteiger partial charge in [-0.05, 0) is 43.8 Å². The van der Waals surface area contributed by atoms with E-state index in [0.29, 0.717) is 31.2 Å². The number of thioether (sulfide) groups is 1. The molecule has 3 aliphatic rings. The maximum atomic E-state index is 12.5. The standard InChI is InChI=1S/C17H25N3O2S/c1-12-2-4-14(5-3-12)20-9-13(8-15(20)21)16(22)19-17(10-18)6-7-23-11-17/h12-14H,2-9,11H2,1H3,(H,19,22). The first-order chi connectivity index (χ1) is 11.0. The van der Waals surface area contributed by atoms with Crippen LogP contribution in [0.15, 0.2) is 0 Å². The number of amides is 2. The lowest BCUT2D eigenvalue weighted by Gasteiger charge is -2.33. The van der Waals surface area contributed by atoms with Crippen LogP contribution in [0.4, 0.5) is 0 Å². The van der Waals surface area contributed by atoms with Crippen molar-refractivity contribution >= 4 is 23.6 Å². The number of nitrogens with zero attached hydrogens (tertiary/aromatic N) is 2. The van der Waals surface area contributed by atoms with Gasteiger partial charge in [0.2, 0.25) is 11.8 Å². The second kappa shape index (κ2) is 6.72. The van der Waals surface area contributed by atoms with Crippen molar-refractivity contribution < 1.29 is 9.59 Å². The van der Waals surface area contributed by atoms with E-state index in [4.69, 9.17) is 0 Å². The number of rotatable bonds is 3. The molecule has 6 heteroatoms. The highest BCUT2D eigenvalue weighted by atomic mass is 32.2. The molecule has 3 rings (SSSR count). The summed E-state index contributed by atoms with van der Waals surface area (Å²) in [4.78, 5) is 26.8. The average Bonchev–Trinajstić information content (AvgIpc) is 3.16. The number of carbonyl (C=O) groups excluding carboxylic acids is 2. The number of nitrogens with one attached hydrogen (secondary N) is 1. The molecule has 2 aliphatic heterocycles. The third-order valence-corrected chi connectivity index (χ3v) is 6.74. The molecule has 1 N–H and O–H groups in total. The topological polar surface area (TPSA) is 73.2 Å². The summed E-state index contributed by atoms with van der Waals surface area (Å²) in [6.45, 7) is 2.79. The monoisotopic (exact) mass is 335 g/mol. The first-order valence-electron chi connectivity index (χ1n) is 8.63.